The van der Waals surface area contributed by atoms with Gasteiger partial charge in [-0.2, -0.15) is 10.7 Å². The minimum absolute atomic E-state index is 0.450. The quantitative estimate of drug-likeness (QED) is 0.234. The second kappa shape index (κ2) is 6.10. The monoisotopic (exact) mass is 116 g/mol. The molecule has 0 atom stereocenters. The standard InChI is InChI=1S/C4H8N2O2/c7-4-2-1-3-5-6-8/h3-4,6,8H,1-2H2. The van der Waals surface area contributed by atoms with E-state index in [1.165, 1.54) is 6.21 Å². The van der Waals surface area contributed by atoms with Crippen molar-refractivity contribution in [1.82, 2.24) is 5.59 Å². The number of unbranched alkanes of at least 4 members (excludes halogenated alkanes) is 1. The Morgan fingerprint density at radius 2 is 2.38 bits per heavy atom. The molecule has 0 aromatic heterocycles. The summed E-state index contributed by atoms with van der Waals surface area (Å²) in [5.41, 5.74) is 1.58. The van der Waals surface area contributed by atoms with Crippen molar-refractivity contribution < 1.29 is 10.0 Å². The van der Waals surface area contributed by atoms with Gasteiger partial charge in [0.1, 0.15) is 6.29 Å². The molecule has 4 nitrogen and oxygen atoms in total. The van der Waals surface area contributed by atoms with Gasteiger partial charge in [0.2, 0.25) is 0 Å². The molecule has 8 heavy (non-hydrogen) atoms. The Morgan fingerprint density at radius 1 is 1.62 bits per heavy atom. The van der Waals surface area contributed by atoms with Crippen LogP contribution in [0.1, 0.15) is 12.8 Å². The maximum atomic E-state index is 9.62. The molecule has 0 aromatic carbocycles. The Kier molecular flexibility index (Phi) is 5.41. The van der Waals surface area contributed by atoms with Crippen molar-refractivity contribution in [1.29, 1.82) is 0 Å². The Hall–Kier alpha value is -0.900. The lowest BCUT2D eigenvalue weighted by Gasteiger charge is -1.81. The number of nitrogens with zero attached hydrogens (tertiary/aromatic N) is 1. The molecule has 0 saturated carbocycles. The van der Waals surface area contributed by atoms with E-state index in [2.05, 4.69) is 5.10 Å². The molecule has 0 aliphatic rings. The second-order valence-electron chi connectivity index (χ2n) is 1.16. The third kappa shape index (κ3) is 5.10. The van der Waals surface area contributed by atoms with Crippen LogP contribution in [-0.4, -0.2) is 17.7 Å². The molecule has 0 aliphatic carbocycles. The van der Waals surface area contributed by atoms with Crippen molar-refractivity contribution in [2.75, 3.05) is 0 Å². The molecule has 0 unspecified atom stereocenters. The van der Waals surface area contributed by atoms with Crippen molar-refractivity contribution in [2.24, 2.45) is 5.10 Å². The van der Waals surface area contributed by atoms with Gasteiger partial charge < -0.3 is 4.79 Å². The van der Waals surface area contributed by atoms with E-state index in [1.807, 2.05) is 0 Å². The fourth-order valence-electron chi connectivity index (χ4n) is 0.248. The van der Waals surface area contributed by atoms with Gasteiger partial charge in [-0.25, -0.2) is 0 Å². The van der Waals surface area contributed by atoms with Gasteiger partial charge in [-0.1, -0.05) is 0 Å². The van der Waals surface area contributed by atoms with Crippen LogP contribution in [0.15, 0.2) is 5.10 Å². The van der Waals surface area contributed by atoms with Gasteiger partial charge in [-0.3, -0.25) is 5.21 Å². The zero-order chi connectivity index (χ0) is 6.24. The molecule has 0 amide bonds. The number of hydrogen-bond acceptors (Lipinski definition) is 4. The molecule has 46 valence electrons. The molecular weight excluding hydrogens is 108 g/mol. The van der Waals surface area contributed by atoms with Crippen LogP contribution in [0.3, 0.4) is 0 Å². The molecule has 0 heterocycles. The first-order valence-electron chi connectivity index (χ1n) is 2.26. The summed E-state index contributed by atoms with van der Waals surface area (Å²) in [5.74, 6) is 0. The van der Waals surface area contributed by atoms with Gasteiger partial charge in [0.05, 0.1) is 0 Å². The highest BCUT2D eigenvalue weighted by molar-refractivity contribution is 5.62. The highest BCUT2D eigenvalue weighted by Crippen LogP contribution is 1.75. The Bertz CT molecular complexity index is 82.1. The molecule has 0 rings (SSSR count). The lowest BCUT2D eigenvalue weighted by molar-refractivity contribution is -0.107. The largest absolute Gasteiger partial charge is 0.303 e. The van der Waals surface area contributed by atoms with Crippen molar-refractivity contribution in [2.45, 2.75) is 12.8 Å². The van der Waals surface area contributed by atoms with Gasteiger partial charge in [0.25, 0.3) is 0 Å². The topological polar surface area (TPSA) is 61.7 Å². The Labute approximate surface area is 47.2 Å². The van der Waals surface area contributed by atoms with Crippen molar-refractivity contribution in [3.05, 3.63) is 0 Å². The van der Waals surface area contributed by atoms with Gasteiger partial charge in [-0.05, 0) is 6.42 Å². The fraction of sp³-hybridized carbons (Fsp3) is 0.500. The Morgan fingerprint density at radius 3 is 2.88 bits per heavy atom. The molecule has 0 radical (unpaired) electrons. The smallest absolute Gasteiger partial charge is 0.120 e. The molecule has 4 heteroatoms. The predicted molar refractivity (Wildman–Crippen MR) is 28.7 cm³/mol. The molecule has 0 spiro atoms. The number of carbonyl (C=O) groups excluding carboxylic acids is 1. The van der Waals surface area contributed by atoms with Crippen LogP contribution in [0.2, 0.25) is 0 Å². The molecule has 0 bridgehead atoms. The van der Waals surface area contributed by atoms with E-state index in [1.54, 1.807) is 5.59 Å². The highest BCUT2D eigenvalue weighted by atomic mass is 16.5. The van der Waals surface area contributed by atoms with Crippen LogP contribution in [0, 0.1) is 0 Å². The van der Waals surface area contributed by atoms with E-state index in [9.17, 15) is 4.79 Å². The van der Waals surface area contributed by atoms with Crippen molar-refractivity contribution in [3.63, 3.8) is 0 Å². The van der Waals surface area contributed by atoms with Gasteiger partial charge in [0, 0.05) is 12.6 Å². The highest BCUT2D eigenvalue weighted by Gasteiger charge is 1.75. The van der Waals surface area contributed by atoms with Crippen LogP contribution in [0.4, 0.5) is 0 Å². The van der Waals surface area contributed by atoms with Crippen LogP contribution < -0.4 is 5.59 Å². The molecule has 0 saturated heterocycles. The number of rotatable bonds is 4. The summed E-state index contributed by atoms with van der Waals surface area (Å²) in [6, 6.07) is 0. The predicted octanol–water partition coefficient (Wildman–Crippen LogP) is -0.0699. The zero-order valence-corrected chi connectivity index (χ0v) is 4.37. The summed E-state index contributed by atoms with van der Waals surface area (Å²) < 4.78 is 0. The van der Waals surface area contributed by atoms with E-state index >= 15 is 0 Å². The molecule has 0 fully saturated rings. The van der Waals surface area contributed by atoms with Gasteiger partial charge in [0.15, 0.2) is 0 Å². The first-order valence-corrected chi connectivity index (χ1v) is 2.26. The average molecular weight is 116 g/mol. The van der Waals surface area contributed by atoms with E-state index in [-0.39, 0.29) is 0 Å². The summed E-state index contributed by atoms with van der Waals surface area (Å²) in [4.78, 5) is 9.62. The Balaban J connectivity index is 2.90. The average Bonchev–Trinajstić information content (AvgIpc) is 1.81. The van der Waals surface area contributed by atoms with E-state index < -0.39 is 0 Å². The van der Waals surface area contributed by atoms with Crippen LogP contribution in [-0.2, 0) is 4.79 Å². The lowest BCUT2D eigenvalue weighted by Crippen LogP contribution is -1.94. The summed E-state index contributed by atoms with van der Waals surface area (Å²) in [5, 5.41) is 11.1. The maximum Gasteiger partial charge on any atom is 0.120 e. The third-order valence-electron chi connectivity index (χ3n) is 0.563. The number of carbonyl (C=O) groups is 1. The van der Waals surface area contributed by atoms with Gasteiger partial charge in [-0.15, -0.1) is 0 Å². The fourth-order valence-corrected chi connectivity index (χ4v) is 0.248. The van der Waals surface area contributed by atoms with Crippen molar-refractivity contribution >= 4 is 12.5 Å². The van der Waals surface area contributed by atoms with E-state index in [0.717, 1.165) is 6.29 Å². The van der Waals surface area contributed by atoms with Gasteiger partial charge >= 0.3 is 0 Å². The minimum Gasteiger partial charge on any atom is -0.303 e. The third-order valence-corrected chi connectivity index (χ3v) is 0.563. The molecular formula is C4H8N2O2. The van der Waals surface area contributed by atoms with Crippen molar-refractivity contribution in [3.8, 4) is 0 Å². The lowest BCUT2D eigenvalue weighted by atomic mass is 10.4. The zero-order valence-electron chi connectivity index (χ0n) is 4.37. The summed E-state index contributed by atoms with van der Waals surface area (Å²) in [6.45, 7) is 0. The SMILES string of the molecule is O=CCCC=NNO. The molecule has 0 aliphatic heterocycles. The van der Waals surface area contributed by atoms with E-state index in [4.69, 9.17) is 5.21 Å². The number of hydrazone groups is 1. The number of nitrogens with one attached hydrogen (secondary N) is 1. The summed E-state index contributed by atoms with van der Waals surface area (Å²) in [6.07, 6.45) is 3.24. The van der Waals surface area contributed by atoms with E-state index in [0.29, 0.717) is 12.8 Å². The molecule has 0 aromatic rings. The van der Waals surface area contributed by atoms with Crippen LogP contribution in [0.5, 0.6) is 0 Å². The minimum atomic E-state index is 0.450. The maximum absolute atomic E-state index is 9.62. The number of aldehydes is 1. The van der Waals surface area contributed by atoms with Crippen LogP contribution in [0.25, 0.3) is 0 Å². The summed E-state index contributed by atoms with van der Waals surface area (Å²) in [7, 11) is 0. The first kappa shape index (κ1) is 7.10. The number of hydrogen-bond donors (Lipinski definition) is 2. The second-order valence-corrected chi connectivity index (χ2v) is 1.16. The first-order chi connectivity index (χ1) is 3.91. The normalized spacial score (nSPS) is 9.62. The summed E-state index contributed by atoms with van der Waals surface area (Å²) >= 11 is 0. The van der Waals surface area contributed by atoms with Crippen LogP contribution >= 0.6 is 0 Å². The molecule has 2 N–H and O–H groups in total.